The number of benzene rings is 1. The molecule has 0 radical (unpaired) electrons. The predicted octanol–water partition coefficient (Wildman–Crippen LogP) is 2.96. The molecule has 2 rings (SSSR count). The second kappa shape index (κ2) is 8.88. The Morgan fingerprint density at radius 1 is 1.16 bits per heavy atom. The second-order valence-corrected chi connectivity index (χ2v) is 7.21. The van der Waals surface area contributed by atoms with Gasteiger partial charge in [-0.3, -0.25) is 9.59 Å². The fraction of sp³-hybridized carbons (Fsp3) is 0.600. The van der Waals surface area contributed by atoms with Gasteiger partial charge >= 0.3 is 0 Å². The van der Waals surface area contributed by atoms with E-state index in [0.717, 1.165) is 37.2 Å². The standard InChI is InChI=1S/C20H31N3O2/c1-5-19(24)22-16-10-12-23(13-11-16)18-9-7-6-8-17(18)20(25)21-15(4)14(2)3/h6-9,14-16H,5,10-13H2,1-4H3,(H,21,25)(H,22,24). The van der Waals surface area contributed by atoms with E-state index in [0.29, 0.717) is 12.3 Å². The molecule has 2 amide bonds. The zero-order valence-corrected chi connectivity index (χ0v) is 15.8. The van der Waals surface area contributed by atoms with Gasteiger partial charge in [0, 0.05) is 37.3 Å². The van der Waals surface area contributed by atoms with Gasteiger partial charge < -0.3 is 15.5 Å². The van der Waals surface area contributed by atoms with Crippen LogP contribution >= 0.6 is 0 Å². The first-order chi connectivity index (χ1) is 11.9. The van der Waals surface area contributed by atoms with Crippen molar-refractivity contribution in [3.63, 3.8) is 0 Å². The lowest BCUT2D eigenvalue weighted by atomic mass is 10.0. The molecule has 0 spiro atoms. The molecule has 1 unspecified atom stereocenters. The van der Waals surface area contributed by atoms with Gasteiger partial charge in [0.25, 0.3) is 5.91 Å². The van der Waals surface area contributed by atoms with Crippen LogP contribution in [0.5, 0.6) is 0 Å². The van der Waals surface area contributed by atoms with Gasteiger partial charge in [0.1, 0.15) is 0 Å². The van der Waals surface area contributed by atoms with Gasteiger partial charge in [0.15, 0.2) is 0 Å². The summed E-state index contributed by atoms with van der Waals surface area (Å²) in [5, 5.41) is 6.17. The molecule has 1 fully saturated rings. The normalized spacial score (nSPS) is 16.6. The summed E-state index contributed by atoms with van der Waals surface area (Å²) in [6, 6.07) is 8.17. The van der Waals surface area contributed by atoms with Gasteiger partial charge in [-0.2, -0.15) is 0 Å². The molecular formula is C20H31N3O2. The highest BCUT2D eigenvalue weighted by Crippen LogP contribution is 2.24. The first kappa shape index (κ1) is 19.3. The Hall–Kier alpha value is -2.04. The number of hydrogen-bond acceptors (Lipinski definition) is 3. The minimum atomic E-state index is -0.0155. The SMILES string of the molecule is CCC(=O)NC1CCN(c2ccccc2C(=O)NC(C)C(C)C)CC1. The molecule has 5 nitrogen and oxygen atoms in total. The summed E-state index contributed by atoms with van der Waals surface area (Å²) in [4.78, 5) is 26.5. The van der Waals surface area contributed by atoms with Gasteiger partial charge in [-0.15, -0.1) is 0 Å². The van der Waals surface area contributed by atoms with Crippen LogP contribution in [0.25, 0.3) is 0 Å². The van der Waals surface area contributed by atoms with Crippen molar-refractivity contribution in [2.45, 2.75) is 59.0 Å². The molecule has 1 atom stereocenters. The Balaban J connectivity index is 2.04. The van der Waals surface area contributed by atoms with Crippen LogP contribution in [0.3, 0.4) is 0 Å². The maximum absolute atomic E-state index is 12.7. The molecular weight excluding hydrogens is 314 g/mol. The third kappa shape index (κ3) is 5.21. The highest BCUT2D eigenvalue weighted by Gasteiger charge is 2.24. The summed E-state index contributed by atoms with van der Waals surface area (Å²) in [6.45, 7) is 9.81. The number of anilines is 1. The van der Waals surface area contributed by atoms with Crippen molar-refractivity contribution in [3.05, 3.63) is 29.8 Å². The summed E-state index contributed by atoms with van der Waals surface area (Å²) in [5.74, 6) is 0.494. The van der Waals surface area contributed by atoms with Crippen molar-refractivity contribution in [3.8, 4) is 0 Å². The topological polar surface area (TPSA) is 61.4 Å². The van der Waals surface area contributed by atoms with E-state index >= 15 is 0 Å². The molecule has 1 aliphatic heterocycles. The van der Waals surface area contributed by atoms with Crippen LogP contribution in [-0.4, -0.2) is 37.0 Å². The Morgan fingerprint density at radius 2 is 1.80 bits per heavy atom. The average Bonchev–Trinajstić information content (AvgIpc) is 2.62. The summed E-state index contributed by atoms with van der Waals surface area (Å²) in [6.07, 6.45) is 2.34. The number of amides is 2. The van der Waals surface area contributed by atoms with E-state index in [1.165, 1.54) is 0 Å². The summed E-state index contributed by atoms with van der Waals surface area (Å²) in [5.41, 5.74) is 1.71. The first-order valence-electron chi connectivity index (χ1n) is 9.36. The highest BCUT2D eigenvalue weighted by molar-refractivity contribution is 6.00. The monoisotopic (exact) mass is 345 g/mol. The van der Waals surface area contributed by atoms with Crippen LogP contribution < -0.4 is 15.5 Å². The van der Waals surface area contributed by atoms with Crippen molar-refractivity contribution in [1.82, 2.24) is 10.6 Å². The minimum Gasteiger partial charge on any atom is -0.371 e. The van der Waals surface area contributed by atoms with E-state index < -0.39 is 0 Å². The lowest BCUT2D eigenvalue weighted by Gasteiger charge is -2.35. The Labute approximate surface area is 151 Å². The van der Waals surface area contributed by atoms with Gasteiger partial charge in [-0.05, 0) is 37.8 Å². The van der Waals surface area contributed by atoms with Gasteiger partial charge in [0.05, 0.1) is 5.56 Å². The Kier molecular flexibility index (Phi) is 6.85. The molecule has 25 heavy (non-hydrogen) atoms. The number of carbonyl (C=O) groups is 2. The van der Waals surface area contributed by atoms with Crippen LogP contribution in [0, 0.1) is 5.92 Å². The molecule has 1 aliphatic rings. The molecule has 1 aromatic carbocycles. The zero-order valence-electron chi connectivity index (χ0n) is 15.8. The fourth-order valence-electron chi connectivity index (χ4n) is 2.99. The molecule has 5 heteroatoms. The molecule has 138 valence electrons. The fourth-order valence-corrected chi connectivity index (χ4v) is 2.99. The van der Waals surface area contributed by atoms with E-state index in [4.69, 9.17) is 0 Å². The largest absolute Gasteiger partial charge is 0.371 e. The van der Waals surface area contributed by atoms with E-state index in [1.54, 1.807) is 0 Å². The maximum Gasteiger partial charge on any atom is 0.253 e. The van der Waals surface area contributed by atoms with Crippen molar-refractivity contribution in [2.75, 3.05) is 18.0 Å². The second-order valence-electron chi connectivity index (χ2n) is 7.21. The van der Waals surface area contributed by atoms with Crippen LogP contribution in [0.4, 0.5) is 5.69 Å². The van der Waals surface area contributed by atoms with E-state index in [2.05, 4.69) is 29.4 Å². The van der Waals surface area contributed by atoms with Gasteiger partial charge in [0.2, 0.25) is 5.91 Å². The minimum absolute atomic E-state index is 0.0155. The van der Waals surface area contributed by atoms with Crippen LogP contribution in [-0.2, 0) is 4.79 Å². The molecule has 1 saturated heterocycles. The zero-order chi connectivity index (χ0) is 18.4. The third-order valence-corrected chi connectivity index (χ3v) is 5.03. The Bertz CT molecular complexity index is 592. The predicted molar refractivity (Wildman–Crippen MR) is 102 cm³/mol. The van der Waals surface area contributed by atoms with Crippen molar-refractivity contribution < 1.29 is 9.59 Å². The molecule has 2 N–H and O–H groups in total. The summed E-state index contributed by atoms with van der Waals surface area (Å²) < 4.78 is 0. The number of piperidine rings is 1. The van der Waals surface area contributed by atoms with E-state index in [-0.39, 0.29) is 23.9 Å². The number of carbonyl (C=O) groups excluding carboxylic acids is 2. The highest BCUT2D eigenvalue weighted by atomic mass is 16.2. The number of hydrogen-bond donors (Lipinski definition) is 2. The maximum atomic E-state index is 12.7. The molecule has 1 aromatic rings. The van der Waals surface area contributed by atoms with E-state index in [1.807, 2.05) is 38.1 Å². The van der Waals surface area contributed by atoms with Gasteiger partial charge in [-0.25, -0.2) is 0 Å². The molecule has 0 aliphatic carbocycles. The summed E-state index contributed by atoms with van der Waals surface area (Å²) >= 11 is 0. The quantitative estimate of drug-likeness (QED) is 0.833. The van der Waals surface area contributed by atoms with Gasteiger partial charge in [-0.1, -0.05) is 32.9 Å². The number of para-hydroxylation sites is 1. The van der Waals surface area contributed by atoms with Crippen LogP contribution in [0.15, 0.2) is 24.3 Å². The number of rotatable bonds is 6. The number of nitrogens with zero attached hydrogens (tertiary/aromatic N) is 1. The molecule has 0 bridgehead atoms. The smallest absolute Gasteiger partial charge is 0.253 e. The lowest BCUT2D eigenvalue weighted by molar-refractivity contribution is -0.121. The molecule has 0 saturated carbocycles. The average molecular weight is 345 g/mol. The molecule has 1 heterocycles. The van der Waals surface area contributed by atoms with Crippen LogP contribution in [0.2, 0.25) is 0 Å². The van der Waals surface area contributed by atoms with E-state index in [9.17, 15) is 9.59 Å². The lowest BCUT2D eigenvalue weighted by Crippen LogP contribution is -2.45. The van der Waals surface area contributed by atoms with Crippen molar-refractivity contribution in [1.29, 1.82) is 0 Å². The number of nitrogens with one attached hydrogen (secondary N) is 2. The third-order valence-electron chi connectivity index (χ3n) is 5.03. The molecule has 0 aromatic heterocycles. The first-order valence-corrected chi connectivity index (χ1v) is 9.36. The van der Waals surface area contributed by atoms with Crippen molar-refractivity contribution >= 4 is 17.5 Å². The Morgan fingerprint density at radius 3 is 2.40 bits per heavy atom. The van der Waals surface area contributed by atoms with Crippen LogP contribution in [0.1, 0.15) is 57.3 Å². The van der Waals surface area contributed by atoms with Crippen molar-refractivity contribution in [2.24, 2.45) is 5.92 Å². The summed E-state index contributed by atoms with van der Waals surface area (Å²) in [7, 11) is 0.